The number of nitrogens with zero attached hydrogens (tertiary/aromatic N) is 3. The SMILES string of the molecule is CCN(Cc1ccc(C(=O)N(C)C)cc1)c1cccc(C(=O)O)n1. The summed E-state index contributed by atoms with van der Waals surface area (Å²) in [5.74, 6) is -0.463. The van der Waals surface area contributed by atoms with Crippen LogP contribution in [-0.2, 0) is 6.54 Å². The molecule has 0 bridgehead atoms. The molecule has 0 radical (unpaired) electrons. The predicted octanol–water partition coefficient (Wildman–Crippen LogP) is 2.51. The number of carboxylic acids is 1. The number of carbonyl (C=O) groups is 2. The van der Waals surface area contributed by atoms with Crippen molar-refractivity contribution in [3.63, 3.8) is 0 Å². The van der Waals surface area contributed by atoms with Crippen LogP contribution >= 0.6 is 0 Å². The first kappa shape index (κ1) is 17.5. The molecular weight excluding hydrogens is 306 g/mol. The second-order valence-electron chi connectivity index (χ2n) is 5.60. The normalized spacial score (nSPS) is 10.3. The number of benzene rings is 1. The Balaban J connectivity index is 2.17. The van der Waals surface area contributed by atoms with Crippen molar-refractivity contribution in [3.8, 4) is 0 Å². The van der Waals surface area contributed by atoms with Gasteiger partial charge in [0.25, 0.3) is 5.91 Å². The Morgan fingerprint density at radius 2 is 1.75 bits per heavy atom. The number of anilines is 1. The molecule has 1 amide bonds. The zero-order valence-electron chi connectivity index (χ0n) is 14.1. The number of carbonyl (C=O) groups excluding carboxylic acids is 1. The lowest BCUT2D eigenvalue weighted by Crippen LogP contribution is -2.24. The Morgan fingerprint density at radius 3 is 2.29 bits per heavy atom. The minimum Gasteiger partial charge on any atom is -0.477 e. The Labute approximate surface area is 141 Å². The fraction of sp³-hybridized carbons (Fsp3) is 0.278. The highest BCUT2D eigenvalue weighted by Crippen LogP contribution is 2.16. The lowest BCUT2D eigenvalue weighted by Gasteiger charge is -2.22. The molecule has 1 aromatic carbocycles. The van der Waals surface area contributed by atoms with Crippen LogP contribution in [0.5, 0.6) is 0 Å². The standard InChI is InChI=1S/C18H21N3O3/c1-4-21(16-7-5-6-15(19-16)18(23)24)12-13-8-10-14(11-9-13)17(22)20(2)3/h5-11H,4,12H2,1-3H3,(H,23,24). The monoisotopic (exact) mass is 327 g/mol. The molecule has 6 heteroatoms. The van der Waals surface area contributed by atoms with Crippen molar-refractivity contribution < 1.29 is 14.7 Å². The van der Waals surface area contributed by atoms with Crippen LogP contribution in [0.3, 0.4) is 0 Å². The lowest BCUT2D eigenvalue weighted by molar-refractivity contribution is 0.0690. The summed E-state index contributed by atoms with van der Waals surface area (Å²) >= 11 is 0. The highest BCUT2D eigenvalue weighted by atomic mass is 16.4. The Hall–Kier alpha value is -2.89. The van der Waals surface area contributed by atoms with Gasteiger partial charge in [-0.15, -0.1) is 0 Å². The molecule has 1 N–H and O–H groups in total. The molecule has 126 valence electrons. The molecule has 0 aliphatic rings. The highest BCUT2D eigenvalue weighted by Gasteiger charge is 2.12. The molecule has 6 nitrogen and oxygen atoms in total. The average molecular weight is 327 g/mol. The number of rotatable bonds is 6. The molecule has 0 spiro atoms. The minimum absolute atomic E-state index is 0.0258. The van der Waals surface area contributed by atoms with E-state index in [4.69, 9.17) is 5.11 Å². The van der Waals surface area contributed by atoms with Gasteiger partial charge in [0, 0.05) is 32.7 Å². The molecular formula is C18H21N3O3. The van der Waals surface area contributed by atoms with Crippen molar-refractivity contribution in [1.82, 2.24) is 9.88 Å². The van der Waals surface area contributed by atoms with Gasteiger partial charge in [-0.25, -0.2) is 9.78 Å². The highest BCUT2D eigenvalue weighted by molar-refractivity contribution is 5.93. The maximum absolute atomic E-state index is 11.9. The van der Waals surface area contributed by atoms with Crippen LogP contribution in [0, 0.1) is 0 Å². The van der Waals surface area contributed by atoms with E-state index in [1.165, 1.54) is 11.0 Å². The Bertz CT molecular complexity index is 727. The molecule has 1 heterocycles. The summed E-state index contributed by atoms with van der Waals surface area (Å²) in [6.45, 7) is 3.26. The quantitative estimate of drug-likeness (QED) is 0.882. The molecule has 0 saturated heterocycles. The van der Waals surface area contributed by atoms with Crippen LogP contribution in [0.2, 0.25) is 0 Å². The number of amides is 1. The third kappa shape index (κ3) is 4.10. The van der Waals surface area contributed by atoms with E-state index in [0.717, 1.165) is 5.56 Å². The maximum Gasteiger partial charge on any atom is 0.354 e. The summed E-state index contributed by atoms with van der Waals surface area (Å²) in [5, 5.41) is 9.06. The first-order valence-corrected chi connectivity index (χ1v) is 7.68. The average Bonchev–Trinajstić information content (AvgIpc) is 2.59. The van der Waals surface area contributed by atoms with Crippen LogP contribution in [0.25, 0.3) is 0 Å². The molecule has 0 atom stereocenters. The van der Waals surface area contributed by atoms with Gasteiger partial charge in [0.1, 0.15) is 5.82 Å². The molecule has 0 aliphatic heterocycles. The van der Waals surface area contributed by atoms with E-state index in [-0.39, 0.29) is 11.6 Å². The summed E-state index contributed by atoms with van der Waals surface area (Å²) in [4.78, 5) is 30.7. The van der Waals surface area contributed by atoms with Gasteiger partial charge in [-0.3, -0.25) is 4.79 Å². The molecule has 0 saturated carbocycles. The van der Waals surface area contributed by atoms with Crippen LogP contribution in [0.4, 0.5) is 5.82 Å². The second-order valence-corrected chi connectivity index (χ2v) is 5.60. The smallest absolute Gasteiger partial charge is 0.354 e. The van der Waals surface area contributed by atoms with E-state index < -0.39 is 5.97 Å². The van der Waals surface area contributed by atoms with Gasteiger partial charge in [0.15, 0.2) is 5.69 Å². The van der Waals surface area contributed by atoms with E-state index in [9.17, 15) is 9.59 Å². The molecule has 1 aromatic heterocycles. The van der Waals surface area contributed by atoms with E-state index in [1.54, 1.807) is 38.4 Å². The van der Waals surface area contributed by atoms with Gasteiger partial charge in [-0.1, -0.05) is 18.2 Å². The zero-order valence-corrected chi connectivity index (χ0v) is 14.1. The fourth-order valence-corrected chi connectivity index (χ4v) is 2.30. The number of aromatic nitrogens is 1. The first-order chi connectivity index (χ1) is 11.4. The van der Waals surface area contributed by atoms with Crippen molar-refractivity contribution in [1.29, 1.82) is 0 Å². The predicted molar refractivity (Wildman–Crippen MR) is 92.4 cm³/mol. The van der Waals surface area contributed by atoms with Gasteiger partial charge in [-0.2, -0.15) is 0 Å². The van der Waals surface area contributed by atoms with Crippen molar-refractivity contribution in [2.24, 2.45) is 0 Å². The summed E-state index contributed by atoms with van der Waals surface area (Å²) in [7, 11) is 3.44. The van der Waals surface area contributed by atoms with Crippen LogP contribution in [0.15, 0.2) is 42.5 Å². The van der Waals surface area contributed by atoms with E-state index >= 15 is 0 Å². The van der Waals surface area contributed by atoms with Gasteiger partial charge in [0.2, 0.25) is 0 Å². The zero-order chi connectivity index (χ0) is 17.7. The van der Waals surface area contributed by atoms with Crippen molar-refractivity contribution in [2.45, 2.75) is 13.5 Å². The van der Waals surface area contributed by atoms with Crippen molar-refractivity contribution in [2.75, 3.05) is 25.5 Å². The number of hydrogen-bond donors (Lipinski definition) is 1. The van der Waals surface area contributed by atoms with E-state index in [2.05, 4.69) is 4.98 Å². The minimum atomic E-state index is -1.04. The Kier molecular flexibility index (Phi) is 5.52. The molecule has 2 rings (SSSR count). The van der Waals surface area contributed by atoms with Crippen molar-refractivity contribution >= 4 is 17.7 Å². The summed E-state index contributed by atoms with van der Waals surface area (Å²) in [5.41, 5.74) is 1.69. The lowest BCUT2D eigenvalue weighted by atomic mass is 10.1. The van der Waals surface area contributed by atoms with Crippen LogP contribution in [-0.4, -0.2) is 47.5 Å². The van der Waals surface area contributed by atoms with Crippen LogP contribution in [0.1, 0.15) is 33.3 Å². The Morgan fingerprint density at radius 1 is 1.08 bits per heavy atom. The summed E-state index contributed by atoms with van der Waals surface area (Å²) < 4.78 is 0. The number of pyridine rings is 1. The molecule has 0 aliphatic carbocycles. The third-order valence-corrected chi connectivity index (χ3v) is 3.64. The molecule has 24 heavy (non-hydrogen) atoms. The summed E-state index contributed by atoms with van der Waals surface area (Å²) in [6, 6.07) is 12.4. The molecule has 0 fully saturated rings. The largest absolute Gasteiger partial charge is 0.477 e. The topological polar surface area (TPSA) is 73.7 Å². The van der Waals surface area contributed by atoms with Crippen LogP contribution < -0.4 is 4.90 Å². The first-order valence-electron chi connectivity index (χ1n) is 7.68. The third-order valence-electron chi connectivity index (χ3n) is 3.64. The van der Waals surface area contributed by atoms with Gasteiger partial charge in [-0.05, 0) is 36.8 Å². The van der Waals surface area contributed by atoms with Gasteiger partial charge in [0.05, 0.1) is 0 Å². The maximum atomic E-state index is 11.9. The number of aromatic carboxylic acids is 1. The number of hydrogen-bond acceptors (Lipinski definition) is 4. The van der Waals surface area contributed by atoms with E-state index in [1.807, 2.05) is 24.0 Å². The van der Waals surface area contributed by atoms with Gasteiger partial charge >= 0.3 is 5.97 Å². The summed E-state index contributed by atoms with van der Waals surface area (Å²) in [6.07, 6.45) is 0. The number of carboxylic acid groups (broad SMARTS) is 1. The van der Waals surface area contributed by atoms with Crippen molar-refractivity contribution in [3.05, 3.63) is 59.3 Å². The molecule has 2 aromatic rings. The van der Waals surface area contributed by atoms with Gasteiger partial charge < -0.3 is 14.9 Å². The fourth-order valence-electron chi connectivity index (χ4n) is 2.30. The molecule has 0 unspecified atom stereocenters. The van der Waals surface area contributed by atoms with E-state index in [0.29, 0.717) is 24.5 Å². The second kappa shape index (κ2) is 7.59.